The first-order chi connectivity index (χ1) is 5.33. The summed E-state index contributed by atoms with van der Waals surface area (Å²) in [6.07, 6.45) is 1.00. The fraction of sp³-hybridized carbons (Fsp3) is 0.333. The fourth-order valence-corrected chi connectivity index (χ4v) is 0.926. The molecule has 0 bridgehead atoms. The van der Waals surface area contributed by atoms with Crippen LogP contribution in [0.25, 0.3) is 0 Å². The van der Waals surface area contributed by atoms with E-state index < -0.39 is 0 Å². The Morgan fingerprint density at radius 1 is 1.18 bits per heavy atom. The first-order valence-electron chi connectivity index (χ1n) is 3.87. The molecule has 1 aromatic carbocycles. The Bertz CT molecular complexity index is 181. The third kappa shape index (κ3) is 4.00. The van der Waals surface area contributed by atoms with Gasteiger partial charge in [0, 0.05) is 5.69 Å². The van der Waals surface area contributed by atoms with E-state index >= 15 is 0 Å². The Kier molecular flexibility index (Phi) is 5.87. The lowest BCUT2D eigenvalue weighted by Crippen LogP contribution is -1.83. The van der Waals surface area contributed by atoms with E-state index in [-0.39, 0.29) is 0 Å². The van der Waals surface area contributed by atoms with Gasteiger partial charge in [0.2, 0.25) is 0 Å². The molecule has 0 aliphatic carbocycles. The summed E-state index contributed by atoms with van der Waals surface area (Å²) in [7, 11) is 2.67. The maximum atomic E-state index is 5.47. The van der Waals surface area contributed by atoms with E-state index in [1.807, 2.05) is 38.1 Å². The molecule has 0 radical (unpaired) electrons. The number of nitrogen functional groups attached to an aromatic ring is 1. The molecular formula is C9H16NP. The van der Waals surface area contributed by atoms with Crippen molar-refractivity contribution in [1.29, 1.82) is 0 Å². The normalized spacial score (nSPS) is 8.27. The second-order valence-electron chi connectivity index (χ2n) is 1.95. The largest absolute Gasteiger partial charge is 0.399 e. The van der Waals surface area contributed by atoms with Crippen molar-refractivity contribution in [3.05, 3.63) is 29.8 Å². The Balaban J connectivity index is 0.000000461. The molecule has 0 aliphatic rings. The van der Waals surface area contributed by atoms with Gasteiger partial charge in [-0.1, -0.05) is 26.0 Å². The summed E-state index contributed by atoms with van der Waals surface area (Å²) in [6.45, 7) is 4.00. The summed E-state index contributed by atoms with van der Waals surface area (Å²) in [6, 6.07) is 7.89. The number of nitrogens with two attached hydrogens (primary N) is 1. The summed E-state index contributed by atoms with van der Waals surface area (Å²) in [5.74, 6) is 0. The average Bonchev–Trinajstić information content (AvgIpc) is 2.10. The van der Waals surface area contributed by atoms with Gasteiger partial charge in [0.25, 0.3) is 0 Å². The summed E-state index contributed by atoms with van der Waals surface area (Å²) in [5, 5.41) is 0. The lowest BCUT2D eigenvalue weighted by Gasteiger charge is -1.94. The van der Waals surface area contributed by atoms with Crippen LogP contribution in [-0.4, -0.2) is 0 Å². The quantitative estimate of drug-likeness (QED) is 0.507. The van der Waals surface area contributed by atoms with Gasteiger partial charge in [-0.25, -0.2) is 0 Å². The molecule has 0 spiro atoms. The molecule has 0 amide bonds. The highest BCUT2D eigenvalue weighted by Gasteiger charge is 1.85. The second-order valence-corrected chi connectivity index (χ2v) is 2.35. The van der Waals surface area contributed by atoms with Crippen molar-refractivity contribution in [3.63, 3.8) is 0 Å². The van der Waals surface area contributed by atoms with Crippen molar-refractivity contribution in [3.8, 4) is 0 Å². The van der Waals surface area contributed by atoms with Crippen molar-refractivity contribution in [2.45, 2.75) is 20.0 Å². The minimum Gasteiger partial charge on any atom is -0.399 e. The zero-order valence-corrected chi connectivity index (χ0v) is 8.33. The van der Waals surface area contributed by atoms with Crippen LogP contribution in [0.2, 0.25) is 0 Å². The molecule has 1 nitrogen and oxygen atoms in total. The molecule has 0 saturated heterocycles. The zero-order valence-electron chi connectivity index (χ0n) is 7.17. The number of hydrogen-bond donors (Lipinski definition) is 1. The van der Waals surface area contributed by atoms with E-state index in [0.717, 1.165) is 11.8 Å². The predicted octanol–water partition coefficient (Wildman–Crippen LogP) is 2.67. The van der Waals surface area contributed by atoms with Crippen LogP contribution in [0.15, 0.2) is 24.3 Å². The molecule has 0 heterocycles. The van der Waals surface area contributed by atoms with E-state index in [9.17, 15) is 0 Å². The standard InChI is InChI=1S/C7H10NP.C2H6/c8-7-3-1-6(5-9)2-4-7;1-2/h1-4H,5,8-9H2;1-2H3. The second kappa shape index (κ2) is 6.18. The van der Waals surface area contributed by atoms with Crippen molar-refractivity contribution in [1.82, 2.24) is 0 Å². The van der Waals surface area contributed by atoms with Gasteiger partial charge in [0.05, 0.1) is 0 Å². The SMILES string of the molecule is CC.Nc1ccc(CP)cc1. The van der Waals surface area contributed by atoms with Crippen LogP contribution in [0.3, 0.4) is 0 Å². The molecule has 2 N–H and O–H groups in total. The first kappa shape index (κ1) is 10.4. The number of hydrogen-bond acceptors (Lipinski definition) is 1. The van der Waals surface area contributed by atoms with Gasteiger partial charge in [-0.3, -0.25) is 0 Å². The molecule has 1 rings (SSSR count). The minimum atomic E-state index is 0.831. The molecule has 0 saturated carbocycles. The highest BCUT2D eigenvalue weighted by molar-refractivity contribution is 7.15. The van der Waals surface area contributed by atoms with Crippen molar-refractivity contribution >= 4 is 14.9 Å². The summed E-state index contributed by atoms with van der Waals surface area (Å²) in [4.78, 5) is 0. The van der Waals surface area contributed by atoms with Gasteiger partial charge in [-0.15, -0.1) is 9.24 Å². The topological polar surface area (TPSA) is 26.0 Å². The molecular weight excluding hydrogens is 153 g/mol. The van der Waals surface area contributed by atoms with Crippen LogP contribution in [0, 0.1) is 0 Å². The number of anilines is 1. The minimum absolute atomic E-state index is 0.831. The third-order valence-corrected chi connectivity index (χ3v) is 1.69. The van der Waals surface area contributed by atoms with Crippen molar-refractivity contribution < 1.29 is 0 Å². The number of rotatable bonds is 1. The first-order valence-corrected chi connectivity index (χ1v) is 4.69. The zero-order chi connectivity index (χ0) is 8.69. The van der Waals surface area contributed by atoms with Crippen LogP contribution in [0.4, 0.5) is 5.69 Å². The number of benzene rings is 1. The smallest absolute Gasteiger partial charge is 0.0314 e. The lowest BCUT2D eigenvalue weighted by atomic mass is 10.2. The Morgan fingerprint density at radius 2 is 1.64 bits per heavy atom. The summed E-state index contributed by atoms with van der Waals surface area (Å²) < 4.78 is 0. The van der Waals surface area contributed by atoms with Gasteiger partial charge < -0.3 is 5.73 Å². The van der Waals surface area contributed by atoms with Gasteiger partial charge >= 0.3 is 0 Å². The Hall–Kier alpha value is -0.550. The molecule has 2 heteroatoms. The molecule has 1 aromatic rings. The predicted molar refractivity (Wildman–Crippen MR) is 55.6 cm³/mol. The molecule has 1 unspecified atom stereocenters. The molecule has 0 fully saturated rings. The van der Waals surface area contributed by atoms with E-state index in [1.54, 1.807) is 0 Å². The fourth-order valence-electron chi connectivity index (χ4n) is 0.654. The van der Waals surface area contributed by atoms with Gasteiger partial charge in [0.1, 0.15) is 0 Å². The van der Waals surface area contributed by atoms with Gasteiger partial charge in [0.15, 0.2) is 0 Å². The summed E-state index contributed by atoms with van der Waals surface area (Å²) >= 11 is 0. The average molecular weight is 169 g/mol. The monoisotopic (exact) mass is 169 g/mol. The van der Waals surface area contributed by atoms with E-state index in [4.69, 9.17) is 5.73 Å². The van der Waals surface area contributed by atoms with Crippen LogP contribution < -0.4 is 5.73 Å². The third-order valence-electron chi connectivity index (χ3n) is 1.22. The van der Waals surface area contributed by atoms with Crippen molar-refractivity contribution in [2.75, 3.05) is 5.73 Å². The summed E-state index contributed by atoms with van der Waals surface area (Å²) in [5.41, 5.74) is 7.61. The Morgan fingerprint density at radius 3 is 2.00 bits per heavy atom. The maximum absolute atomic E-state index is 5.47. The molecule has 11 heavy (non-hydrogen) atoms. The van der Waals surface area contributed by atoms with Gasteiger partial charge in [-0.05, 0) is 23.9 Å². The van der Waals surface area contributed by atoms with Gasteiger partial charge in [-0.2, -0.15) is 0 Å². The highest BCUT2D eigenvalue weighted by atomic mass is 31.0. The van der Waals surface area contributed by atoms with E-state index in [2.05, 4.69) is 9.24 Å². The van der Waals surface area contributed by atoms with Crippen LogP contribution in [0.5, 0.6) is 0 Å². The lowest BCUT2D eigenvalue weighted by molar-refractivity contribution is 1.42. The molecule has 0 aromatic heterocycles. The highest BCUT2D eigenvalue weighted by Crippen LogP contribution is 2.07. The van der Waals surface area contributed by atoms with Crippen molar-refractivity contribution in [2.24, 2.45) is 0 Å². The molecule has 1 atom stereocenters. The van der Waals surface area contributed by atoms with Crippen LogP contribution in [-0.2, 0) is 6.16 Å². The van der Waals surface area contributed by atoms with E-state index in [1.165, 1.54) is 5.56 Å². The van der Waals surface area contributed by atoms with Crippen LogP contribution in [0.1, 0.15) is 19.4 Å². The Labute approximate surface area is 71.2 Å². The maximum Gasteiger partial charge on any atom is 0.0314 e. The van der Waals surface area contributed by atoms with Crippen LogP contribution >= 0.6 is 9.24 Å². The molecule has 62 valence electrons. The molecule has 0 aliphatic heterocycles. The van der Waals surface area contributed by atoms with E-state index in [0.29, 0.717) is 0 Å².